The molecule has 0 saturated carbocycles. The lowest BCUT2D eigenvalue weighted by atomic mass is 10.3. The van der Waals surface area contributed by atoms with Gasteiger partial charge in [0.05, 0.1) is 10.7 Å². The SMILES string of the molecule is O=C(CSc1ccc([N+](=O)[O-])cc1)NNC(=S)Nc1ccc(F)cc1. The number of hydrogen-bond donors (Lipinski definition) is 3. The van der Waals surface area contributed by atoms with Crippen LogP contribution in [-0.4, -0.2) is 21.7 Å². The van der Waals surface area contributed by atoms with Crippen LogP contribution in [0.4, 0.5) is 15.8 Å². The summed E-state index contributed by atoms with van der Waals surface area (Å²) in [6.07, 6.45) is 0. The molecule has 2 aromatic carbocycles. The van der Waals surface area contributed by atoms with E-state index in [-0.39, 0.29) is 28.3 Å². The van der Waals surface area contributed by atoms with Crippen molar-refractivity contribution in [2.24, 2.45) is 0 Å². The van der Waals surface area contributed by atoms with Crippen LogP contribution in [-0.2, 0) is 4.79 Å². The summed E-state index contributed by atoms with van der Waals surface area (Å²) in [4.78, 5) is 22.6. The number of carbonyl (C=O) groups excluding carboxylic acids is 1. The molecule has 2 aromatic rings. The third-order valence-electron chi connectivity index (χ3n) is 2.84. The van der Waals surface area contributed by atoms with Crippen LogP contribution in [0.3, 0.4) is 0 Å². The number of nitrogens with one attached hydrogen (secondary N) is 3. The Bertz CT molecular complexity index is 769. The maximum Gasteiger partial charge on any atom is 0.269 e. The molecule has 0 fully saturated rings. The lowest BCUT2D eigenvalue weighted by Gasteiger charge is -2.11. The second-order valence-electron chi connectivity index (χ2n) is 4.67. The number of non-ortho nitro benzene ring substituents is 1. The first-order valence-electron chi connectivity index (χ1n) is 6.93. The Balaban J connectivity index is 1.72. The zero-order valence-electron chi connectivity index (χ0n) is 12.7. The molecule has 25 heavy (non-hydrogen) atoms. The van der Waals surface area contributed by atoms with E-state index in [9.17, 15) is 19.3 Å². The van der Waals surface area contributed by atoms with Crippen molar-refractivity contribution in [1.29, 1.82) is 0 Å². The Hall–Kier alpha value is -2.72. The number of nitrogens with zero attached hydrogens (tertiary/aromatic N) is 1. The Morgan fingerprint density at radius 1 is 1.12 bits per heavy atom. The van der Waals surface area contributed by atoms with Crippen molar-refractivity contribution in [2.75, 3.05) is 11.1 Å². The lowest BCUT2D eigenvalue weighted by Crippen LogP contribution is -2.44. The number of rotatable bonds is 5. The van der Waals surface area contributed by atoms with Crippen LogP contribution in [0.1, 0.15) is 0 Å². The van der Waals surface area contributed by atoms with Gasteiger partial charge in [0.25, 0.3) is 5.69 Å². The zero-order valence-corrected chi connectivity index (χ0v) is 14.3. The van der Waals surface area contributed by atoms with Gasteiger partial charge in [-0.2, -0.15) is 0 Å². The van der Waals surface area contributed by atoms with Gasteiger partial charge in [-0.1, -0.05) is 0 Å². The summed E-state index contributed by atoms with van der Waals surface area (Å²) in [5.41, 5.74) is 5.52. The zero-order chi connectivity index (χ0) is 18.2. The second kappa shape index (κ2) is 8.94. The van der Waals surface area contributed by atoms with Crippen molar-refractivity contribution >= 4 is 46.4 Å². The summed E-state index contributed by atoms with van der Waals surface area (Å²) in [5.74, 6) is -0.586. The molecule has 0 radical (unpaired) electrons. The van der Waals surface area contributed by atoms with E-state index >= 15 is 0 Å². The highest BCUT2D eigenvalue weighted by Crippen LogP contribution is 2.20. The van der Waals surface area contributed by atoms with Crippen LogP contribution in [0.15, 0.2) is 53.4 Å². The molecule has 0 atom stereocenters. The van der Waals surface area contributed by atoms with Crippen molar-refractivity contribution in [3.05, 3.63) is 64.5 Å². The molecule has 0 unspecified atom stereocenters. The molecule has 0 aromatic heterocycles. The highest BCUT2D eigenvalue weighted by Gasteiger charge is 2.07. The standard InChI is InChI=1S/C15H13FN4O3S2/c16-10-1-3-11(4-2-10)17-15(24)19-18-14(21)9-25-13-7-5-12(6-8-13)20(22)23/h1-8H,9H2,(H,18,21)(H2,17,19,24). The van der Waals surface area contributed by atoms with Gasteiger partial charge in [-0.25, -0.2) is 4.39 Å². The molecule has 0 spiro atoms. The third-order valence-corrected chi connectivity index (χ3v) is 4.05. The quantitative estimate of drug-likeness (QED) is 0.318. The van der Waals surface area contributed by atoms with E-state index in [0.29, 0.717) is 5.69 Å². The highest BCUT2D eigenvalue weighted by atomic mass is 32.2. The molecule has 0 heterocycles. The van der Waals surface area contributed by atoms with Gasteiger partial charge in [-0.15, -0.1) is 11.8 Å². The number of thiocarbonyl (C=S) groups is 1. The minimum atomic E-state index is -0.486. The largest absolute Gasteiger partial charge is 0.331 e. The molecule has 7 nitrogen and oxygen atoms in total. The molecule has 1 amide bonds. The Labute approximate surface area is 152 Å². The number of carbonyl (C=O) groups is 1. The molecular weight excluding hydrogens is 367 g/mol. The molecule has 0 saturated heterocycles. The predicted molar refractivity (Wildman–Crippen MR) is 97.7 cm³/mol. The number of benzene rings is 2. The number of nitro groups is 1. The summed E-state index contributed by atoms with van der Waals surface area (Å²) in [6.45, 7) is 0. The smallest absolute Gasteiger partial charge is 0.269 e. The maximum atomic E-state index is 12.8. The molecule has 0 aliphatic carbocycles. The maximum absolute atomic E-state index is 12.8. The molecule has 0 aliphatic heterocycles. The van der Waals surface area contributed by atoms with Crippen LogP contribution in [0.25, 0.3) is 0 Å². The highest BCUT2D eigenvalue weighted by molar-refractivity contribution is 8.00. The predicted octanol–water partition coefficient (Wildman–Crippen LogP) is 2.84. The molecule has 3 N–H and O–H groups in total. The second-order valence-corrected chi connectivity index (χ2v) is 6.13. The fraction of sp³-hybridized carbons (Fsp3) is 0.0667. The van der Waals surface area contributed by atoms with Crippen LogP contribution < -0.4 is 16.2 Å². The number of nitro benzene ring substituents is 1. The topological polar surface area (TPSA) is 96.3 Å². The number of amides is 1. The van der Waals surface area contributed by atoms with Gasteiger partial charge in [0.1, 0.15) is 5.82 Å². The number of hydrogen-bond acceptors (Lipinski definition) is 5. The van der Waals surface area contributed by atoms with Crippen molar-refractivity contribution < 1.29 is 14.1 Å². The average molecular weight is 380 g/mol. The summed E-state index contributed by atoms with van der Waals surface area (Å²) in [7, 11) is 0. The van der Waals surface area contributed by atoms with Crippen molar-refractivity contribution in [1.82, 2.24) is 10.9 Å². The normalized spacial score (nSPS) is 9.96. The first-order chi connectivity index (χ1) is 11.9. The van der Waals surface area contributed by atoms with E-state index < -0.39 is 4.92 Å². The molecule has 0 aliphatic rings. The van der Waals surface area contributed by atoms with E-state index in [1.807, 2.05) is 0 Å². The van der Waals surface area contributed by atoms with Gasteiger partial charge in [-0.05, 0) is 48.6 Å². The Kier molecular flexibility index (Phi) is 6.66. The Morgan fingerprint density at radius 2 is 1.76 bits per heavy atom. The monoisotopic (exact) mass is 380 g/mol. The van der Waals surface area contributed by atoms with E-state index in [1.165, 1.54) is 48.2 Å². The number of anilines is 1. The van der Waals surface area contributed by atoms with Gasteiger partial charge in [0.15, 0.2) is 5.11 Å². The molecule has 0 bridgehead atoms. The van der Waals surface area contributed by atoms with Crippen molar-refractivity contribution in [2.45, 2.75) is 4.90 Å². The summed E-state index contributed by atoms with van der Waals surface area (Å²) in [5, 5.41) is 13.5. The first kappa shape index (κ1) is 18.6. The van der Waals surface area contributed by atoms with Crippen molar-refractivity contribution in [3.63, 3.8) is 0 Å². The molecular formula is C15H13FN4O3S2. The molecule has 2 rings (SSSR count). The summed E-state index contributed by atoms with van der Waals surface area (Å²) >= 11 is 6.23. The van der Waals surface area contributed by atoms with Crippen LogP contribution >= 0.6 is 24.0 Å². The van der Waals surface area contributed by atoms with E-state index in [2.05, 4.69) is 16.2 Å². The lowest BCUT2D eigenvalue weighted by molar-refractivity contribution is -0.384. The van der Waals surface area contributed by atoms with Crippen LogP contribution in [0.2, 0.25) is 0 Å². The number of thioether (sulfide) groups is 1. The van der Waals surface area contributed by atoms with Crippen LogP contribution in [0, 0.1) is 15.9 Å². The van der Waals surface area contributed by atoms with Gasteiger partial charge in [0.2, 0.25) is 5.91 Å². The third kappa shape index (κ3) is 6.36. The summed E-state index contributed by atoms with van der Waals surface area (Å²) < 4.78 is 12.8. The Morgan fingerprint density at radius 3 is 2.36 bits per heavy atom. The van der Waals surface area contributed by atoms with Crippen LogP contribution in [0.5, 0.6) is 0 Å². The number of halogens is 1. The van der Waals surface area contributed by atoms with Gasteiger partial charge < -0.3 is 5.32 Å². The molecule has 10 heteroatoms. The van der Waals surface area contributed by atoms with Crippen molar-refractivity contribution in [3.8, 4) is 0 Å². The average Bonchev–Trinajstić information content (AvgIpc) is 2.60. The van der Waals surface area contributed by atoms with Gasteiger partial charge in [0, 0.05) is 22.7 Å². The minimum absolute atomic E-state index is 0.00677. The summed E-state index contributed by atoms with van der Waals surface area (Å²) in [6, 6.07) is 11.5. The fourth-order valence-electron chi connectivity index (χ4n) is 1.67. The molecule has 130 valence electrons. The fourth-order valence-corrected chi connectivity index (χ4v) is 2.54. The number of hydrazine groups is 1. The van der Waals surface area contributed by atoms with E-state index in [4.69, 9.17) is 12.2 Å². The first-order valence-corrected chi connectivity index (χ1v) is 8.32. The van der Waals surface area contributed by atoms with E-state index in [1.54, 1.807) is 12.1 Å². The van der Waals surface area contributed by atoms with Gasteiger partial charge >= 0.3 is 0 Å². The minimum Gasteiger partial charge on any atom is -0.331 e. The van der Waals surface area contributed by atoms with E-state index in [0.717, 1.165) is 4.90 Å². The van der Waals surface area contributed by atoms with Gasteiger partial charge in [-0.3, -0.25) is 25.8 Å².